The highest BCUT2D eigenvalue weighted by molar-refractivity contribution is 7.17. The van der Waals surface area contributed by atoms with Crippen LogP contribution in [0.5, 0.6) is 0 Å². The molecule has 0 bridgehead atoms. The maximum atomic E-state index is 11.5. The number of primary amides is 1. The maximum absolute atomic E-state index is 11.5. The molecule has 0 spiro atoms. The number of ether oxygens (including phenoxy) is 1. The third kappa shape index (κ3) is 2.86. The minimum Gasteiger partial charge on any atom is -0.459 e. The second kappa shape index (κ2) is 5.63. The van der Waals surface area contributed by atoms with Crippen LogP contribution in [0.25, 0.3) is 0 Å². The molecular weight excluding hydrogens is 256 g/mol. The van der Waals surface area contributed by atoms with Crippen LogP contribution in [-0.4, -0.2) is 24.4 Å². The van der Waals surface area contributed by atoms with Crippen molar-refractivity contribution < 1.29 is 19.1 Å². The lowest BCUT2D eigenvalue weighted by Crippen LogP contribution is -2.26. The van der Waals surface area contributed by atoms with Crippen LogP contribution in [0.3, 0.4) is 0 Å². The fraction of sp³-hybridized carbons (Fsp3) is 0.364. The molecule has 2 amide bonds. The van der Waals surface area contributed by atoms with E-state index in [9.17, 15) is 14.4 Å². The van der Waals surface area contributed by atoms with Gasteiger partial charge in [-0.15, -0.1) is 11.3 Å². The number of anilines is 1. The maximum Gasteiger partial charge on any atom is 0.397 e. The molecule has 0 aliphatic heterocycles. The fourth-order valence-corrected chi connectivity index (χ4v) is 2.42. The molecule has 1 heterocycles. The number of aryl methyl sites for hydroxylation is 1. The van der Waals surface area contributed by atoms with Crippen molar-refractivity contribution in [2.75, 3.05) is 11.9 Å². The Balaban J connectivity index is 2.98. The average Bonchev–Trinajstić information content (AvgIpc) is 2.54. The van der Waals surface area contributed by atoms with E-state index in [1.165, 1.54) is 11.3 Å². The number of nitrogens with one attached hydrogen (secondary N) is 1. The molecule has 18 heavy (non-hydrogen) atoms. The van der Waals surface area contributed by atoms with Gasteiger partial charge in [-0.05, 0) is 26.3 Å². The Morgan fingerprint density at radius 3 is 2.44 bits per heavy atom. The zero-order chi connectivity index (χ0) is 13.9. The first kappa shape index (κ1) is 14.2. The Hall–Kier alpha value is -1.89. The summed E-state index contributed by atoms with van der Waals surface area (Å²) in [5.41, 5.74) is 6.17. The minimum absolute atomic E-state index is 0.109. The number of hydrogen-bond acceptors (Lipinski definition) is 5. The third-order valence-corrected chi connectivity index (χ3v) is 3.44. The van der Waals surface area contributed by atoms with Gasteiger partial charge in [-0.25, -0.2) is 4.79 Å². The summed E-state index contributed by atoms with van der Waals surface area (Å²) in [4.78, 5) is 34.8. The first-order chi connectivity index (χ1) is 8.38. The Labute approximate surface area is 108 Å². The molecule has 0 unspecified atom stereocenters. The molecule has 3 N–H and O–H groups in total. The van der Waals surface area contributed by atoms with Crippen molar-refractivity contribution in [2.45, 2.75) is 20.8 Å². The van der Waals surface area contributed by atoms with Crippen LogP contribution in [0.4, 0.5) is 5.00 Å². The summed E-state index contributed by atoms with van der Waals surface area (Å²) in [6.45, 7) is 5.23. The van der Waals surface area contributed by atoms with E-state index in [0.717, 1.165) is 4.88 Å². The van der Waals surface area contributed by atoms with Crippen molar-refractivity contribution in [3.8, 4) is 0 Å². The molecule has 7 heteroatoms. The predicted molar refractivity (Wildman–Crippen MR) is 67.6 cm³/mol. The second-order valence-electron chi connectivity index (χ2n) is 3.53. The zero-order valence-electron chi connectivity index (χ0n) is 10.3. The van der Waals surface area contributed by atoms with Gasteiger partial charge in [-0.3, -0.25) is 9.59 Å². The molecule has 0 aromatic carbocycles. The number of hydrogen-bond donors (Lipinski definition) is 2. The van der Waals surface area contributed by atoms with E-state index in [-0.39, 0.29) is 17.2 Å². The molecule has 98 valence electrons. The molecule has 0 aliphatic rings. The Kier molecular flexibility index (Phi) is 4.43. The standard InChI is InChI=1S/C11H14N2O4S/c1-4-17-11(16)9(15)13-10-7(8(12)14)5(2)6(3)18-10/h4H2,1-3H3,(H2,12,14)(H,13,15). The summed E-state index contributed by atoms with van der Waals surface area (Å²) in [6.07, 6.45) is 0. The van der Waals surface area contributed by atoms with Crippen LogP contribution < -0.4 is 11.1 Å². The van der Waals surface area contributed by atoms with Crippen LogP contribution in [-0.2, 0) is 14.3 Å². The molecule has 0 saturated carbocycles. The summed E-state index contributed by atoms with van der Waals surface area (Å²) >= 11 is 1.19. The molecule has 0 fully saturated rings. The number of esters is 1. The highest BCUT2D eigenvalue weighted by Gasteiger charge is 2.22. The van der Waals surface area contributed by atoms with E-state index in [1.54, 1.807) is 20.8 Å². The van der Waals surface area contributed by atoms with Crippen molar-refractivity contribution in [2.24, 2.45) is 5.73 Å². The van der Waals surface area contributed by atoms with Crippen LogP contribution in [0, 0.1) is 13.8 Å². The van der Waals surface area contributed by atoms with Gasteiger partial charge in [0.1, 0.15) is 5.00 Å². The van der Waals surface area contributed by atoms with Crippen LogP contribution >= 0.6 is 11.3 Å². The first-order valence-electron chi connectivity index (χ1n) is 5.26. The Bertz CT molecular complexity index is 507. The molecule has 1 aromatic heterocycles. The number of carbonyl (C=O) groups excluding carboxylic acids is 3. The normalized spacial score (nSPS) is 9.94. The lowest BCUT2D eigenvalue weighted by Gasteiger charge is -2.04. The Morgan fingerprint density at radius 2 is 1.94 bits per heavy atom. The molecule has 6 nitrogen and oxygen atoms in total. The lowest BCUT2D eigenvalue weighted by molar-refractivity contribution is -0.152. The van der Waals surface area contributed by atoms with Gasteiger partial charge in [0.2, 0.25) is 0 Å². The summed E-state index contributed by atoms with van der Waals surface area (Å²) in [6, 6.07) is 0. The van der Waals surface area contributed by atoms with Crippen LogP contribution in [0.15, 0.2) is 0 Å². The number of nitrogens with two attached hydrogens (primary N) is 1. The first-order valence-corrected chi connectivity index (χ1v) is 6.08. The van der Waals surface area contributed by atoms with E-state index in [2.05, 4.69) is 10.1 Å². The van der Waals surface area contributed by atoms with E-state index >= 15 is 0 Å². The predicted octanol–water partition coefficient (Wildman–Crippen LogP) is 0.965. The van der Waals surface area contributed by atoms with Gasteiger partial charge in [0.25, 0.3) is 5.91 Å². The topological polar surface area (TPSA) is 98.5 Å². The quantitative estimate of drug-likeness (QED) is 0.631. The van der Waals surface area contributed by atoms with Gasteiger partial charge in [0.15, 0.2) is 0 Å². The fourth-order valence-electron chi connectivity index (χ4n) is 1.36. The Morgan fingerprint density at radius 1 is 1.33 bits per heavy atom. The zero-order valence-corrected chi connectivity index (χ0v) is 11.1. The third-order valence-electron chi connectivity index (χ3n) is 2.32. The highest BCUT2D eigenvalue weighted by atomic mass is 32.1. The van der Waals surface area contributed by atoms with Gasteiger partial charge in [0, 0.05) is 4.88 Å². The van der Waals surface area contributed by atoms with Crippen molar-refractivity contribution in [1.29, 1.82) is 0 Å². The molecule has 1 rings (SSSR count). The van der Waals surface area contributed by atoms with Gasteiger partial charge in [0.05, 0.1) is 12.2 Å². The van der Waals surface area contributed by atoms with Crippen molar-refractivity contribution in [3.05, 3.63) is 16.0 Å². The van der Waals surface area contributed by atoms with Crippen molar-refractivity contribution in [1.82, 2.24) is 0 Å². The molecule has 0 aliphatic carbocycles. The number of thiophene rings is 1. The van der Waals surface area contributed by atoms with Crippen molar-refractivity contribution >= 4 is 34.1 Å². The molecule has 1 aromatic rings. The van der Waals surface area contributed by atoms with E-state index in [4.69, 9.17) is 5.73 Å². The van der Waals surface area contributed by atoms with Crippen LogP contribution in [0.2, 0.25) is 0 Å². The largest absolute Gasteiger partial charge is 0.459 e. The summed E-state index contributed by atoms with van der Waals surface area (Å²) < 4.78 is 4.55. The van der Waals surface area contributed by atoms with E-state index in [1.807, 2.05) is 0 Å². The number of rotatable bonds is 3. The van der Waals surface area contributed by atoms with E-state index in [0.29, 0.717) is 5.56 Å². The van der Waals surface area contributed by atoms with Gasteiger partial charge >= 0.3 is 11.9 Å². The summed E-state index contributed by atoms with van der Waals surface area (Å²) in [5, 5.41) is 2.62. The van der Waals surface area contributed by atoms with Gasteiger partial charge in [-0.1, -0.05) is 0 Å². The average molecular weight is 270 g/mol. The van der Waals surface area contributed by atoms with E-state index < -0.39 is 17.8 Å². The number of carbonyl (C=O) groups is 3. The van der Waals surface area contributed by atoms with Gasteiger partial charge < -0.3 is 15.8 Å². The van der Waals surface area contributed by atoms with Crippen molar-refractivity contribution in [3.63, 3.8) is 0 Å². The summed E-state index contributed by atoms with van der Waals surface area (Å²) in [5.74, 6) is -2.55. The van der Waals surface area contributed by atoms with Crippen LogP contribution in [0.1, 0.15) is 27.7 Å². The number of amides is 2. The van der Waals surface area contributed by atoms with Gasteiger partial charge in [-0.2, -0.15) is 0 Å². The molecule has 0 saturated heterocycles. The minimum atomic E-state index is -0.989. The SMILES string of the molecule is CCOC(=O)C(=O)Nc1sc(C)c(C)c1C(N)=O. The molecular formula is C11H14N2O4S. The monoisotopic (exact) mass is 270 g/mol. The summed E-state index contributed by atoms with van der Waals surface area (Å²) in [7, 11) is 0. The molecule has 0 radical (unpaired) electrons. The lowest BCUT2D eigenvalue weighted by atomic mass is 10.1. The second-order valence-corrected chi connectivity index (χ2v) is 4.75. The molecule has 0 atom stereocenters. The smallest absolute Gasteiger partial charge is 0.397 e. The highest BCUT2D eigenvalue weighted by Crippen LogP contribution is 2.31.